The van der Waals surface area contributed by atoms with Gasteiger partial charge in [-0.05, 0) is 17.4 Å². The smallest absolute Gasteiger partial charge is 0.213 e. The molecule has 0 unspecified atom stereocenters. The molecule has 78 valence electrons. The minimum absolute atomic E-state index is 0.447. The summed E-state index contributed by atoms with van der Waals surface area (Å²) in [7, 11) is 1.65. The van der Waals surface area contributed by atoms with E-state index in [1.165, 1.54) is 5.56 Å². The lowest BCUT2D eigenvalue weighted by Crippen LogP contribution is -2.03. The zero-order chi connectivity index (χ0) is 10.7. The third kappa shape index (κ3) is 2.25. The minimum atomic E-state index is 0.447. The van der Waals surface area contributed by atoms with E-state index in [0.717, 1.165) is 5.69 Å². The molecule has 0 atom stereocenters. The Morgan fingerprint density at radius 1 is 1.07 bits per heavy atom. The van der Waals surface area contributed by atoms with E-state index in [4.69, 9.17) is 4.74 Å². The average molecular weight is 193 g/mol. The van der Waals surface area contributed by atoms with Crippen LogP contribution in [0.3, 0.4) is 0 Å². The Balaban J connectivity index is 3.17. The predicted octanol–water partition coefficient (Wildman–Crippen LogP) is 3.34. The van der Waals surface area contributed by atoms with E-state index >= 15 is 0 Å². The van der Waals surface area contributed by atoms with Gasteiger partial charge in [0, 0.05) is 6.07 Å². The normalized spacial score (nSPS) is 11.1. The van der Waals surface area contributed by atoms with Gasteiger partial charge >= 0.3 is 0 Å². The summed E-state index contributed by atoms with van der Waals surface area (Å²) in [5.74, 6) is 1.67. The molecule has 1 aromatic heterocycles. The third-order valence-corrected chi connectivity index (χ3v) is 2.31. The van der Waals surface area contributed by atoms with Crippen LogP contribution in [0.4, 0.5) is 0 Å². The zero-order valence-corrected chi connectivity index (χ0v) is 9.66. The van der Waals surface area contributed by atoms with Gasteiger partial charge in [-0.3, -0.25) is 0 Å². The molecular formula is C12H19NO. The maximum Gasteiger partial charge on any atom is 0.213 e. The van der Waals surface area contributed by atoms with Gasteiger partial charge in [0.15, 0.2) is 0 Å². The van der Waals surface area contributed by atoms with E-state index in [9.17, 15) is 0 Å². The van der Waals surface area contributed by atoms with Crippen LogP contribution in [-0.2, 0) is 0 Å². The molecule has 0 spiro atoms. The summed E-state index contributed by atoms with van der Waals surface area (Å²) >= 11 is 0. The molecule has 2 nitrogen and oxygen atoms in total. The van der Waals surface area contributed by atoms with Gasteiger partial charge in [-0.2, -0.15) is 0 Å². The van der Waals surface area contributed by atoms with Crippen LogP contribution < -0.4 is 4.74 Å². The fourth-order valence-corrected chi connectivity index (χ4v) is 1.53. The van der Waals surface area contributed by atoms with Gasteiger partial charge < -0.3 is 4.74 Å². The van der Waals surface area contributed by atoms with E-state index in [0.29, 0.717) is 17.7 Å². The molecular weight excluding hydrogens is 174 g/mol. The van der Waals surface area contributed by atoms with Crippen LogP contribution in [-0.4, -0.2) is 12.1 Å². The summed E-state index contributed by atoms with van der Waals surface area (Å²) in [5.41, 5.74) is 2.47. The fraction of sp³-hybridized carbons (Fsp3) is 0.583. The van der Waals surface area contributed by atoms with Crippen molar-refractivity contribution in [3.05, 3.63) is 23.4 Å². The molecule has 0 aliphatic rings. The maximum atomic E-state index is 5.13. The summed E-state index contributed by atoms with van der Waals surface area (Å²) in [6.45, 7) is 8.70. The fourth-order valence-electron chi connectivity index (χ4n) is 1.53. The number of aromatic nitrogens is 1. The van der Waals surface area contributed by atoms with E-state index in [-0.39, 0.29) is 0 Å². The second kappa shape index (κ2) is 4.45. The van der Waals surface area contributed by atoms with Gasteiger partial charge in [0.05, 0.1) is 12.8 Å². The first-order valence-corrected chi connectivity index (χ1v) is 5.11. The zero-order valence-electron chi connectivity index (χ0n) is 9.66. The predicted molar refractivity (Wildman–Crippen MR) is 59.0 cm³/mol. The number of hydrogen-bond acceptors (Lipinski definition) is 2. The highest BCUT2D eigenvalue weighted by Crippen LogP contribution is 2.26. The molecule has 0 fully saturated rings. The molecule has 2 heteroatoms. The second-order valence-electron chi connectivity index (χ2n) is 4.14. The molecule has 0 saturated carbocycles. The summed E-state index contributed by atoms with van der Waals surface area (Å²) in [5, 5.41) is 0. The Hall–Kier alpha value is -1.05. The van der Waals surface area contributed by atoms with Crippen LogP contribution in [0.15, 0.2) is 12.1 Å². The Bertz CT molecular complexity index is 305. The SMILES string of the molecule is COc1ccc(C(C)C)c(C(C)C)n1. The molecule has 14 heavy (non-hydrogen) atoms. The number of nitrogens with zero attached hydrogens (tertiary/aromatic N) is 1. The lowest BCUT2D eigenvalue weighted by atomic mass is 9.95. The highest BCUT2D eigenvalue weighted by molar-refractivity contribution is 5.30. The average Bonchev–Trinajstić information content (AvgIpc) is 2.16. The summed E-state index contributed by atoms with van der Waals surface area (Å²) in [6, 6.07) is 4.05. The number of hydrogen-bond donors (Lipinski definition) is 0. The van der Waals surface area contributed by atoms with Crippen molar-refractivity contribution in [2.45, 2.75) is 39.5 Å². The van der Waals surface area contributed by atoms with Gasteiger partial charge in [0.25, 0.3) is 0 Å². The Kier molecular flexibility index (Phi) is 3.50. The number of ether oxygens (including phenoxy) is 1. The van der Waals surface area contributed by atoms with Crippen molar-refractivity contribution < 1.29 is 4.74 Å². The molecule has 0 N–H and O–H groups in total. The van der Waals surface area contributed by atoms with E-state index in [2.05, 4.69) is 38.7 Å². The molecule has 0 aliphatic heterocycles. The topological polar surface area (TPSA) is 22.1 Å². The highest BCUT2D eigenvalue weighted by Gasteiger charge is 2.12. The molecule has 0 aromatic carbocycles. The van der Waals surface area contributed by atoms with Crippen LogP contribution >= 0.6 is 0 Å². The first-order valence-electron chi connectivity index (χ1n) is 5.11. The first-order chi connectivity index (χ1) is 6.56. The van der Waals surface area contributed by atoms with Crippen LogP contribution in [0.2, 0.25) is 0 Å². The van der Waals surface area contributed by atoms with E-state index in [1.807, 2.05) is 6.07 Å². The summed E-state index contributed by atoms with van der Waals surface area (Å²) < 4.78 is 5.13. The summed E-state index contributed by atoms with van der Waals surface area (Å²) in [6.07, 6.45) is 0. The van der Waals surface area contributed by atoms with Crippen LogP contribution in [0.1, 0.15) is 50.8 Å². The van der Waals surface area contributed by atoms with Crippen molar-refractivity contribution in [1.82, 2.24) is 4.98 Å². The molecule has 1 rings (SSSR count). The quantitative estimate of drug-likeness (QED) is 0.734. The Labute approximate surface area is 86.3 Å². The van der Waals surface area contributed by atoms with Gasteiger partial charge in [0.1, 0.15) is 0 Å². The lowest BCUT2D eigenvalue weighted by Gasteiger charge is -2.15. The lowest BCUT2D eigenvalue weighted by molar-refractivity contribution is 0.395. The molecule has 1 aromatic rings. The first kappa shape index (κ1) is 11.0. The van der Waals surface area contributed by atoms with Crippen molar-refractivity contribution in [2.75, 3.05) is 7.11 Å². The van der Waals surface area contributed by atoms with E-state index in [1.54, 1.807) is 7.11 Å². The number of rotatable bonds is 3. The molecule has 0 saturated heterocycles. The van der Waals surface area contributed by atoms with Crippen molar-refractivity contribution in [3.63, 3.8) is 0 Å². The third-order valence-electron chi connectivity index (χ3n) is 2.31. The minimum Gasteiger partial charge on any atom is -0.481 e. The van der Waals surface area contributed by atoms with Crippen LogP contribution in [0.25, 0.3) is 0 Å². The standard InChI is InChI=1S/C12H19NO/c1-8(2)10-6-7-11(14-5)13-12(10)9(3)4/h6-9H,1-5H3. The molecule has 0 radical (unpaired) electrons. The van der Waals surface area contributed by atoms with Crippen molar-refractivity contribution in [1.29, 1.82) is 0 Å². The maximum absolute atomic E-state index is 5.13. The largest absolute Gasteiger partial charge is 0.481 e. The monoisotopic (exact) mass is 193 g/mol. The van der Waals surface area contributed by atoms with Crippen LogP contribution in [0.5, 0.6) is 5.88 Å². The summed E-state index contributed by atoms with van der Waals surface area (Å²) in [4.78, 5) is 4.49. The highest BCUT2D eigenvalue weighted by atomic mass is 16.5. The second-order valence-corrected chi connectivity index (χ2v) is 4.14. The van der Waals surface area contributed by atoms with Gasteiger partial charge in [0.2, 0.25) is 5.88 Å². The molecule has 0 bridgehead atoms. The Morgan fingerprint density at radius 2 is 1.71 bits per heavy atom. The van der Waals surface area contributed by atoms with E-state index < -0.39 is 0 Å². The van der Waals surface area contributed by atoms with Crippen molar-refractivity contribution in [2.24, 2.45) is 0 Å². The van der Waals surface area contributed by atoms with Crippen molar-refractivity contribution >= 4 is 0 Å². The number of methoxy groups -OCH3 is 1. The van der Waals surface area contributed by atoms with Gasteiger partial charge in [-0.15, -0.1) is 0 Å². The van der Waals surface area contributed by atoms with Crippen LogP contribution in [0, 0.1) is 0 Å². The molecule has 1 heterocycles. The Morgan fingerprint density at radius 3 is 2.14 bits per heavy atom. The van der Waals surface area contributed by atoms with Gasteiger partial charge in [-0.1, -0.05) is 33.8 Å². The van der Waals surface area contributed by atoms with Gasteiger partial charge in [-0.25, -0.2) is 4.98 Å². The number of pyridine rings is 1. The molecule has 0 amide bonds. The van der Waals surface area contributed by atoms with Crippen molar-refractivity contribution in [3.8, 4) is 5.88 Å². The molecule has 0 aliphatic carbocycles.